The number of H-pyrrole nitrogens is 2. The van der Waals surface area contributed by atoms with Crippen LogP contribution in [-0.4, -0.2) is 27.3 Å². The van der Waals surface area contributed by atoms with E-state index in [1.807, 2.05) is 42.5 Å². The zero-order chi connectivity index (χ0) is 17.6. The van der Waals surface area contributed by atoms with Crippen molar-refractivity contribution in [3.05, 3.63) is 74.6 Å². The summed E-state index contributed by atoms with van der Waals surface area (Å²) < 4.78 is 0. The van der Waals surface area contributed by atoms with E-state index in [-0.39, 0.29) is 24.4 Å². The number of benzene rings is 2. The van der Waals surface area contributed by atoms with Crippen molar-refractivity contribution in [3.8, 4) is 0 Å². The average molecular weight is 337 g/mol. The van der Waals surface area contributed by atoms with Crippen molar-refractivity contribution in [2.45, 2.75) is 12.8 Å². The maximum atomic E-state index is 11.8. The summed E-state index contributed by atoms with van der Waals surface area (Å²) in [5.41, 5.74) is 2.11. The Bertz CT molecular complexity index is 1050. The molecule has 0 aliphatic heterocycles. The highest BCUT2D eigenvalue weighted by Crippen LogP contribution is 2.16. The quantitative estimate of drug-likeness (QED) is 0.469. The molecule has 3 rings (SSSR count). The summed E-state index contributed by atoms with van der Waals surface area (Å²) >= 11 is 0. The number of hydrazone groups is 1. The van der Waals surface area contributed by atoms with Crippen molar-refractivity contribution < 1.29 is 4.79 Å². The van der Waals surface area contributed by atoms with E-state index in [4.69, 9.17) is 0 Å². The number of carbonyl (C=O) groups excluding carboxylic acids is 1. The fourth-order valence-electron chi connectivity index (χ4n) is 2.37. The van der Waals surface area contributed by atoms with Gasteiger partial charge in [0.25, 0.3) is 5.56 Å². The van der Waals surface area contributed by atoms with Crippen molar-refractivity contribution in [3.63, 3.8) is 0 Å². The number of aromatic nitrogens is 3. The molecule has 25 heavy (non-hydrogen) atoms. The van der Waals surface area contributed by atoms with Crippen molar-refractivity contribution in [2.75, 3.05) is 0 Å². The molecule has 0 spiro atoms. The van der Waals surface area contributed by atoms with Gasteiger partial charge < -0.3 is 0 Å². The van der Waals surface area contributed by atoms with E-state index in [0.29, 0.717) is 0 Å². The Kier molecular flexibility index (Phi) is 4.79. The van der Waals surface area contributed by atoms with Gasteiger partial charge in [-0.15, -0.1) is 0 Å². The van der Waals surface area contributed by atoms with Crippen LogP contribution in [0.3, 0.4) is 0 Å². The third-order valence-electron chi connectivity index (χ3n) is 3.59. The Morgan fingerprint density at radius 2 is 1.96 bits per heavy atom. The monoisotopic (exact) mass is 337 g/mol. The second-order valence-electron chi connectivity index (χ2n) is 5.32. The number of aryl methyl sites for hydroxylation is 1. The van der Waals surface area contributed by atoms with E-state index in [0.717, 1.165) is 16.3 Å². The standard InChI is InChI=1S/C17H15N5O3/c23-15(9-8-14-16(24)19-17(25)22-20-14)21-18-10-12-6-3-5-11-4-1-2-7-13(11)12/h1-7,10H,8-9H2,(H,21,23)(H2,19,22,24,25)/b18-10+. The normalized spacial score (nSPS) is 11.0. The van der Waals surface area contributed by atoms with E-state index in [1.165, 1.54) is 0 Å². The fraction of sp³-hybridized carbons (Fsp3) is 0.118. The summed E-state index contributed by atoms with van der Waals surface area (Å²) in [6.45, 7) is 0. The molecule has 1 amide bonds. The Labute approximate surface area is 141 Å². The molecule has 0 aliphatic carbocycles. The van der Waals surface area contributed by atoms with Crippen LogP contribution in [0.25, 0.3) is 10.8 Å². The molecule has 3 N–H and O–H groups in total. The molecule has 0 fully saturated rings. The van der Waals surface area contributed by atoms with Crippen LogP contribution in [0, 0.1) is 0 Å². The lowest BCUT2D eigenvalue weighted by molar-refractivity contribution is -0.121. The van der Waals surface area contributed by atoms with Crippen molar-refractivity contribution in [2.24, 2.45) is 5.10 Å². The summed E-state index contributed by atoms with van der Waals surface area (Å²) in [4.78, 5) is 36.2. The fourth-order valence-corrected chi connectivity index (χ4v) is 2.37. The second-order valence-corrected chi connectivity index (χ2v) is 5.32. The highest BCUT2D eigenvalue weighted by molar-refractivity contribution is 5.99. The Balaban J connectivity index is 1.61. The van der Waals surface area contributed by atoms with E-state index in [1.54, 1.807) is 6.21 Å². The van der Waals surface area contributed by atoms with Crippen LogP contribution in [0.5, 0.6) is 0 Å². The number of carbonyl (C=O) groups is 1. The van der Waals surface area contributed by atoms with Gasteiger partial charge in [0.2, 0.25) is 5.91 Å². The van der Waals surface area contributed by atoms with Crippen LogP contribution >= 0.6 is 0 Å². The molecule has 126 valence electrons. The van der Waals surface area contributed by atoms with E-state index >= 15 is 0 Å². The van der Waals surface area contributed by atoms with Crippen molar-refractivity contribution in [1.29, 1.82) is 0 Å². The molecule has 0 saturated carbocycles. The number of fused-ring (bicyclic) bond motifs is 1. The Morgan fingerprint density at radius 3 is 2.80 bits per heavy atom. The lowest BCUT2D eigenvalue weighted by Crippen LogP contribution is -2.28. The Morgan fingerprint density at radius 1 is 1.16 bits per heavy atom. The van der Waals surface area contributed by atoms with Gasteiger partial charge in [-0.25, -0.2) is 15.3 Å². The number of rotatable bonds is 5. The van der Waals surface area contributed by atoms with Crippen LogP contribution in [-0.2, 0) is 11.2 Å². The lowest BCUT2D eigenvalue weighted by atomic mass is 10.1. The van der Waals surface area contributed by atoms with Gasteiger partial charge in [-0.2, -0.15) is 10.2 Å². The molecule has 0 radical (unpaired) electrons. The first-order valence-electron chi connectivity index (χ1n) is 7.61. The molecule has 0 unspecified atom stereocenters. The van der Waals surface area contributed by atoms with Crippen LogP contribution in [0.4, 0.5) is 0 Å². The predicted octanol–water partition coefficient (Wildman–Crippen LogP) is 0.694. The molecule has 8 heteroatoms. The lowest BCUT2D eigenvalue weighted by Gasteiger charge is -2.02. The predicted molar refractivity (Wildman–Crippen MR) is 93.5 cm³/mol. The van der Waals surface area contributed by atoms with Gasteiger partial charge in [0.15, 0.2) is 0 Å². The van der Waals surface area contributed by atoms with Crippen molar-refractivity contribution >= 4 is 22.9 Å². The molecule has 3 aromatic rings. The van der Waals surface area contributed by atoms with Crippen molar-refractivity contribution in [1.82, 2.24) is 20.6 Å². The minimum absolute atomic E-state index is 0.0228. The maximum Gasteiger partial charge on any atom is 0.342 e. The number of nitrogens with zero attached hydrogens (tertiary/aromatic N) is 2. The molecule has 0 saturated heterocycles. The summed E-state index contributed by atoms with van der Waals surface area (Å²) in [6, 6.07) is 13.7. The Hall–Kier alpha value is -3.55. The topological polar surface area (TPSA) is 120 Å². The molecular formula is C17H15N5O3. The highest BCUT2D eigenvalue weighted by atomic mass is 16.2. The number of nitrogens with one attached hydrogen (secondary N) is 3. The van der Waals surface area contributed by atoms with E-state index < -0.39 is 11.2 Å². The van der Waals surface area contributed by atoms with E-state index in [2.05, 4.69) is 25.7 Å². The number of hydrogen-bond acceptors (Lipinski definition) is 5. The third-order valence-corrected chi connectivity index (χ3v) is 3.59. The first kappa shape index (κ1) is 16.3. The van der Waals surface area contributed by atoms with Crippen LogP contribution in [0.15, 0.2) is 57.2 Å². The summed E-state index contributed by atoms with van der Waals surface area (Å²) in [7, 11) is 0. The van der Waals surface area contributed by atoms with Gasteiger partial charge in [-0.1, -0.05) is 42.5 Å². The smallest absolute Gasteiger partial charge is 0.273 e. The largest absolute Gasteiger partial charge is 0.342 e. The zero-order valence-electron chi connectivity index (χ0n) is 13.2. The molecule has 8 nitrogen and oxygen atoms in total. The maximum absolute atomic E-state index is 11.8. The van der Waals surface area contributed by atoms with Crippen LogP contribution in [0.1, 0.15) is 17.7 Å². The molecule has 0 atom stereocenters. The SMILES string of the molecule is O=C(CCc1n[nH]c(=O)[nH]c1=O)N/N=C/c1cccc2ccccc12. The first-order chi connectivity index (χ1) is 12.1. The van der Waals surface area contributed by atoms with Gasteiger partial charge in [-0.05, 0) is 10.8 Å². The number of amides is 1. The molecule has 0 bridgehead atoms. The number of hydrogen-bond donors (Lipinski definition) is 3. The highest BCUT2D eigenvalue weighted by Gasteiger charge is 2.06. The minimum Gasteiger partial charge on any atom is -0.273 e. The number of aromatic amines is 2. The van der Waals surface area contributed by atoms with Crippen LogP contribution < -0.4 is 16.7 Å². The molecule has 2 aromatic carbocycles. The van der Waals surface area contributed by atoms with Crippen LogP contribution in [0.2, 0.25) is 0 Å². The first-order valence-corrected chi connectivity index (χ1v) is 7.61. The van der Waals surface area contributed by atoms with Gasteiger partial charge in [-0.3, -0.25) is 14.6 Å². The third kappa shape index (κ3) is 4.05. The summed E-state index contributed by atoms with van der Waals surface area (Å²) in [6.07, 6.45) is 1.70. The molecule has 0 aliphatic rings. The molecule has 1 heterocycles. The zero-order valence-corrected chi connectivity index (χ0v) is 13.2. The van der Waals surface area contributed by atoms with Gasteiger partial charge in [0.05, 0.1) is 6.21 Å². The minimum atomic E-state index is -0.683. The molecule has 1 aromatic heterocycles. The van der Waals surface area contributed by atoms with Gasteiger partial charge in [0.1, 0.15) is 5.69 Å². The summed E-state index contributed by atoms with van der Waals surface area (Å²) in [5.74, 6) is -0.358. The molecular weight excluding hydrogens is 322 g/mol. The average Bonchev–Trinajstić information content (AvgIpc) is 2.61. The second kappa shape index (κ2) is 7.35. The summed E-state index contributed by atoms with van der Waals surface area (Å²) in [5, 5.41) is 11.8. The van der Waals surface area contributed by atoms with E-state index in [9.17, 15) is 14.4 Å². The van der Waals surface area contributed by atoms with Gasteiger partial charge >= 0.3 is 5.69 Å². The van der Waals surface area contributed by atoms with Gasteiger partial charge in [0, 0.05) is 18.4 Å².